The first-order valence-electron chi connectivity index (χ1n) is 4.86. The fourth-order valence-corrected chi connectivity index (χ4v) is 1.38. The Bertz CT molecular complexity index is 472. The second-order valence-electron chi connectivity index (χ2n) is 3.73. The lowest BCUT2D eigenvalue weighted by molar-refractivity contribution is 0.587. The molecule has 16 heavy (non-hydrogen) atoms. The molecular formula is C9H16N4O2S. The number of sulfonamides is 1. The zero-order valence-corrected chi connectivity index (χ0v) is 10.4. The van der Waals surface area contributed by atoms with Gasteiger partial charge in [0.25, 0.3) is 0 Å². The van der Waals surface area contributed by atoms with Crippen molar-refractivity contribution >= 4 is 15.8 Å². The van der Waals surface area contributed by atoms with Crippen LogP contribution < -0.4 is 10.5 Å². The highest BCUT2D eigenvalue weighted by atomic mass is 32.2. The lowest BCUT2D eigenvalue weighted by Gasteiger charge is -2.12. The number of anilines is 1. The van der Waals surface area contributed by atoms with Crippen LogP contribution in [0.5, 0.6) is 0 Å². The highest BCUT2D eigenvalue weighted by molar-refractivity contribution is 7.89. The SMILES string of the molecule is Cc1cnc(C)c(NCC(C)S(N)(=O)=O)n1. The van der Waals surface area contributed by atoms with Crippen molar-refractivity contribution in [3.63, 3.8) is 0 Å². The van der Waals surface area contributed by atoms with Crippen LogP contribution in [0.15, 0.2) is 6.20 Å². The number of aromatic nitrogens is 2. The van der Waals surface area contributed by atoms with Crippen molar-refractivity contribution in [1.82, 2.24) is 9.97 Å². The Balaban J connectivity index is 2.72. The molecule has 7 heteroatoms. The summed E-state index contributed by atoms with van der Waals surface area (Å²) in [4.78, 5) is 8.33. The summed E-state index contributed by atoms with van der Waals surface area (Å²) < 4.78 is 22.0. The molecule has 1 heterocycles. The summed E-state index contributed by atoms with van der Waals surface area (Å²) in [5.41, 5.74) is 1.50. The van der Waals surface area contributed by atoms with Crippen molar-refractivity contribution in [1.29, 1.82) is 0 Å². The minimum atomic E-state index is -3.51. The fraction of sp³-hybridized carbons (Fsp3) is 0.556. The van der Waals surface area contributed by atoms with E-state index in [9.17, 15) is 8.42 Å². The molecule has 1 atom stereocenters. The van der Waals surface area contributed by atoms with E-state index in [0.717, 1.165) is 11.4 Å². The Morgan fingerprint density at radius 2 is 2.12 bits per heavy atom. The van der Waals surface area contributed by atoms with Crippen LogP contribution in [0.1, 0.15) is 18.3 Å². The fourth-order valence-electron chi connectivity index (χ4n) is 1.06. The molecule has 3 N–H and O–H groups in total. The number of nitrogens with two attached hydrogens (primary N) is 1. The molecular weight excluding hydrogens is 228 g/mol. The molecule has 6 nitrogen and oxygen atoms in total. The number of aryl methyl sites for hydroxylation is 2. The van der Waals surface area contributed by atoms with Gasteiger partial charge in [-0.3, -0.25) is 4.98 Å². The maximum atomic E-state index is 11.0. The molecule has 0 aliphatic carbocycles. The van der Waals surface area contributed by atoms with Gasteiger partial charge in [0.1, 0.15) is 5.82 Å². The molecule has 0 saturated carbocycles. The number of rotatable bonds is 4. The van der Waals surface area contributed by atoms with Gasteiger partial charge in [-0.1, -0.05) is 0 Å². The topological polar surface area (TPSA) is 98.0 Å². The quantitative estimate of drug-likeness (QED) is 0.787. The van der Waals surface area contributed by atoms with E-state index in [1.54, 1.807) is 20.0 Å². The average Bonchev–Trinajstić information content (AvgIpc) is 2.17. The number of hydrogen-bond acceptors (Lipinski definition) is 5. The lowest BCUT2D eigenvalue weighted by Crippen LogP contribution is -2.32. The average molecular weight is 244 g/mol. The first kappa shape index (κ1) is 12.9. The minimum absolute atomic E-state index is 0.220. The zero-order chi connectivity index (χ0) is 12.3. The summed E-state index contributed by atoms with van der Waals surface area (Å²) in [5.74, 6) is 0.593. The third-order valence-electron chi connectivity index (χ3n) is 2.19. The van der Waals surface area contributed by atoms with E-state index in [1.807, 2.05) is 6.92 Å². The molecule has 0 amide bonds. The first-order chi connectivity index (χ1) is 7.30. The van der Waals surface area contributed by atoms with Gasteiger partial charge in [0.05, 0.1) is 16.6 Å². The van der Waals surface area contributed by atoms with Gasteiger partial charge in [0, 0.05) is 12.7 Å². The highest BCUT2D eigenvalue weighted by Crippen LogP contribution is 2.09. The van der Waals surface area contributed by atoms with Crippen molar-refractivity contribution in [2.45, 2.75) is 26.0 Å². The van der Waals surface area contributed by atoms with E-state index < -0.39 is 15.3 Å². The highest BCUT2D eigenvalue weighted by Gasteiger charge is 2.15. The molecule has 0 aromatic carbocycles. The Kier molecular flexibility index (Phi) is 3.82. The Morgan fingerprint density at radius 3 is 2.69 bits per heavy atom. The molecule has 0 aliphatic rings. The van der Waals surface area contributed by atoms with Gasteiger partial charge in [-0.2, -0.15) is 0 Å². The predicted molar refractivity (Wildman–Crippen MR) is 62.6 cm³/mol. The minimum Gasteiger partial charge on any atom is -0.367 e. The molecule has 1 aromatic rings. The second-order valence-corrected chi connectivity index (χ2v) is 5.71. The van der Waals surface area contributed by atoms with Crippen LogP contribution in [0.25, 0.3) is 0 Å². The Labute approximate surface area is 95.3 Å². The summed E-state index contributed by atoms with van der Waals surface area (Å²) in [6, 6.07) is 0. The van der Waals surface area contributed by atoms with Crippen LogP contribution in [0, 0.1) is 13.8 Å². The van der Waals surface area contributed by atoms with Crippen molar-refractivity contribution in [3.8, 4) is 0 Å². The molecule has 1 rings (SSSR count). The van der Waals surface area contributed by atoms with Gasteiger partial charge in [-0.15, -0.1) is 0 Å². The molecule has 0 aliphatic heterocycles. The van der Waals surface area contributed by atoms with E-state index in [4.69, 9.17) is 5.14 Å². The van der Waals surface area contributed by atoms with Gasteiger partial charge in [-0.05, 0) is 20.8 Å². The van der Waals surface area contributed by atoms with Gasteiger partial charge in [0.15, 0.2) is 0 Å². The molecule has 1 unspecified atom stereocenters. The van der Waals surface area contributed by atoms with Gasteiger partial charge in [0.2, 0.25) is 10.0 Å². The second kappa shape index (κ2) is 4.75. The third kappa shape index (κ3) is 3.42. The van der Waals surface area contributed by atoms with Gasteiger partial charge in [-0.25, -0.2) is 18.5 Å². The van der Waals surface area contributed by atoms with E-state index in [0.29, 0.717) is 5.82 Å². The number of nitrogens with one attached hydrogen (secondary N) is 1. The standard InChI is InChI=1S/C9H16N4O2S/c1-6-4-11-8(3)9(13-6)12-5-7(2)16(10,14)15/h4,7H,5H2,1-3H3,(H,12,13)(H2,10,14,15). The van der Waals surface area contributed by atoms with Gasteiger partial charge >= 0.3 is 0 Å². The monoisotopic (exact) mass is 244 g/mol. The third-order valence-corrected chi connectivity index (χ3v) is 3.48. The first-order valence-corrected chi connectivity index (χ1v) is 6.47. The molecule has 0 bridgehead atoms. The van der Waals surface area contributed by atoms with Crippen molar-refractivity contribution < 1.29 is 8.42 Å². The number of hydrogen-bond donors (Lipinski definition) is 2. The Hall–Kier alpha value is -1.21. The summed E-state index contributed by atoms with van der Waals surface area (Å²) in [6.07, 6.45) is 1.66. The zero-order valence-electron chi connectivity index (χ0n) is 9.56. The molecule has 0 saturated heterocycles. The van der Waals surface area contributed by atoms with E-state index >= 15 is 0 Å². The van der Waals surface area contributed by atoms with E-state index in [2.05, 4.69) is 15.3 Å². The number of nitrogens with zero attached hydrogens (tertiary/aromatic N) is 2. The van der Waals surface area contributed by atoms with Crippen LogP contribution in [-0.2, 0) is 10.0 Å². The smallest absolute Gasteiger partial charge is 0.213 e. The summed E-state index contributed by atoms with van der Waals surface area (Å²) in [7, 11) is -3.51. The van der Waals surface area contributed by atoms with Crippen LogP contribution in [0.4, 0.5) is 5.82 Å². The molecule has 0 radical (unpaired) electrons. The van der Waals surface area contributed by atoms with Crippen LogP contribution in [0.3, 0.4) is 0 Å². The molecule has 0 fully saturated rings. The van der Waals surface area contributed by atoms with Crippen LogP contribution in [-0.4, -0.2) is 30.2 Å². The Morgan fingerprint density at radius 1 is 1.50 bits per heavy atom. The van der Waals surface area contributed by atoms with Crippen LogP contribution in [0.2, 0.25) is 0 Å². The summed E-state index contributed by atoms with van der Waals surface area (Å²) >= 11 is 0. The van der Waals surface area contributed by atoms with Crippen molar-refractivity contribution in [2.75, 3.05) is 11.9 Å². The predicted octanol–water partition coefficient (Wildman–Crippen LogP) is 0.182. The van der Waals surface area contributed by atoms with Gasteiger partial charge < -0.3 is 5.32 Å². The summed E-state index contributed by atoms with van der Waals surface area (Å²) in [5, 5.41) is 7.28. The molecule has 1 aromatic heterocycles. The maximum Gasteiger partial charge on any atom is 0.213 e. The maximum absolute atomic E-state index is 11.0. The van der Waals surface area contributed by atoms with Crippen molar-refractivity contribution in [2.24, 2.45) is 5.14 Å². The lowest BCUT2D eigenvalue weighted by atomic mass is 10.4. The van der Waals surface area contributed by atoms with Crippen molar-refractivity contribution in [3.05, 3.63) is 17.6 Å². The van der Waals surface area contributed by atoms with E-state index in [1.165, 1.54) is 0 Å². The largest absolute Gasteiger partial charge is 0.367 e. The van der Waals surface area contributed by atoms with Crippen LogP contribution >= 0.6 is 0 Å². The van der Waals surface area contributed by atoms with E-state index in [-0.39, 0.29) is 6.54 Å². The number of primary sulfonamides is 1. The molecule has 0 spiro atoms. The summed E-state index contributed by atoms with van der Waals surface area (Å²) in [6.45, 7) is 5.38. The normalized spacial score (nSPS) is 13.5. The molecule has 90 valence electrons.